The van der Waals surface area contributed by atoms with Gasteiger partial charge in [-0.3, -0.25) is 4.57 Å². The summed E-state index contributed by atoms with van der Waals surface area (Å²) in [6, 6.07) is 68.5. The zero-order chi connectivity index (χ0) is 38.4. The molecule has 58 heavy (non-hydrogen) atoms. The Morgan fingerprint density at radius 2 is 0.897 bits per heavy atom. The normalized spacial score (nSPS) is 11.4. The summed E-state index contributed by atoms with van der Waals surface area (Å²) >= 11 is 0. The maximum absolute atomic E-state index is 7.12. The van der Waals surface area contributed by atoms with Crippen LogP contribution in [0.2, 0.25) is 0 Å². The topological polar surface area (TPSA) is 69.6 Å². The van der Waals surface area contributed by atoms with E-state index in [1.165, 1.54) is 0 Å². The summed E-state index contributed by atoms with van der Waals surface area (Å²) in [6.07, 6.45) is 0. The molecule has 0 spiro atoms. The molecule has 8 aromatic carbocycles. The van der Waals surface area contributed by atoms with Crippen LogP contribution in [0.1, 0.15) is 0 Å². The van der Waals surface area contributed by atoms with E-state index < -0.39 is 0 Å². The van der Waals surface area contributed by atoms with Gasteiger partial charge in [0, 0.05) is 27.6 Å². The second kappa shape index (κ2) is 14.0. The molecule has 0 amide bonds. The van der Waals surface area contributed by atoms with Gasteiger partial charge in [-0.15, -0.1) is 0 Å². The van der Waals surface area contributed by atoms with Gasteiger partial charge in [-0.25, -0.2) is 19.9 Å². The summed E-state index contributed by atoms with van der Waals surface area (Å²) in [4.78, 5) is 20.6. The first-order chi connectivity index (χ1) is 28.7. The molecular formula is C52H33N5O. The number of fused-ring (bicyclic) bond motifs is 4. The molecule has 0 N–H and O–H groups in total. The van der Waals surface area contributed by atoms with E-state index in [9.17, 15) is 0 Å². The van der Waals surface area contributed by atoms with E-state index in [-0.39, 0.29) is 0 Å². The summed E-state index contributed by atoms with van der Waals surface area (Å²) < 4.78 is 9.34. The van der Waals surface area contributed by atoms with Crippen LogP contribution in [0.15, 0.2) is 205 Å². The second-order valence-electron chi connectivity index (χ2n) is 14.3. The first-order valence-corrected chi connectivity index (χ1v) is 19.3. The van der Waals surface area contributed by atoms with Crippen LogP contribution in [0.3, 0.4) is 0 Å². The van der Waals surface area contributed by atoms with Crippen molar-refractivity contribution in [2.24, 2.45) is 0 Å². The lowest BCUT2D eigenvalue weighted by Crippen LogP contribution is -2.00. The fraction of sp³-hybridized carbons (Fsp3) is 0. The first kappa shape index (κ1) is 33.4. The highest BCUT2D eigenvalue weighted by molar-refractivity contribution is 6.14. The molecular weight excluding hydrogens is 711 g/mol. The molecule has 0 aliphatic carbocycles. The number of para-hydroxylation sites is 4. The van der Waals surface area contributed by atoms with Gasteiger partial charge in [-0.1, -0.05) is 152 Å². The summed E-state index contributed by atoms with van der Waals surface area (Å²) in [5, 5.41) is 1.94. The quantitative estimate of drug-likeness (QED) is 0.163. The Kier molecular flexibility index (Phi) is 8.04. The van der Waals surface area contributed by atoms with Crippen molar-refractivity contribution < 1.29 is 4.42 Å². The largest absolute Gasteiger partial charge is 0.455 e. The summed E-state index contributed by atoms with van der Waals surface area (Å²) in [7, 11) is 0. The van der Waals surface area contributed by atoms with Gasteiger partial charge in [0.25, 0.3) is 0 Å². The van der Waals surface area contributed by atoms with E-state index in [1.54, 1.807) is 0 Å². The monoisotopic (exact) mass is 743 g/mol. The molecule has 0 bridgehead atoms. The van der Waals surface area contributed by atoms with Gasteiger partial charge >= 0.3 is 0 Å². The number of benzene rings is 8. The summed E-state index contributed by atoms with van der Waals surface area (Å²) in [5.41, 5.74) is 12.2. The molecule has 272 valence electrons. The van der Waals surface area contributed by atoms with Gasteiger partial charge in [0.1, 0.15) is 17.0 Å². The van der Waals surface area contributed by atoms with Gasteiger partial charge in [0.15, 0.2) is 17.5 Å². The molecule has 0 atom stereocenters. The Labute approximate surface area is 334 Å². The third-order valence-corrected chi connectivity index (χ3v) is 10.7. The average molecular weight is 744 g/mol. The van der Waals surface area contributed by atoms with Gasteiger partial charge in [-0.2, -0.15) is 0 Å². The standard InChI is InChI=1S/C52H33N5O/c1-5-17-34(18-6-1)37-23-15-24-38(31-37)50-54-49(36-21-9-3-10-22-36)55-51(56-50)42-28-16-27-41-43-32-39(35-19-7-2-8-20-35)33-44(48(43)58-47(41)42)52-53-45-29-13-14-30-46(45)57(52)40-25-11-4-12-26-40/h1-33H. The van der Waals surface area contributed by atoms with Crippen LogP contribution in [0.5, 0.6) is 0 Å². The lowest BCUT2D eigenvalue weighted by Gasteiger charge is -2.11. The molecule has 0 saturated heterocycles. The molecule has 6 heteroatoms. The minimum Gasteiger partial charge on any atom is -0.455 e. The van der Waals surface area contributed by atoms with Crippen LogP contribution in [0, 0.1) is 0 Å². The van der Waals surface area contributed by atoms with Gasteiger partial charge < -0.3 is 4.42 Å². The van der Waals surface area contributed by atoms with E-state index in [0.717, 1.165) is 83.4 Å². The van der Waals surface area contributed by atoms with Gasteiger partial charge in [0.2, 0.25) is 0 Å². The minimum absolute atomic E-state index is 0.528. The van der Waals surface area contributed by atoms with Crippen LogP contribution < -0.4 is 0 Å². The molecule has 11 rings (SSSR count). The van der Waals surface area contributed by atoms with Crippen LogP contribution in [-0.2, 0) is 0 Å². The van der Waals surface area contributed by atoms with Crippen molar-refractivity contribution in [2.45, 2.75) is 0 Å². The Hall–Kier alpha value is -7.96. The van der Waals surface area contributed by atoms with Crippen molar-refractivity contribution in [1.29, 1.82) is 0 Å². The number of aromatic nitrogens is 5. The third-order valence-electron chi connectivity index (χ3n) is 10.7. The first-order valence-electron chi connectivity index (χ1n) is 19.3. The average Bonchev–Trinajstić information content (AvgIpc) is 3.89. The van der Waals surface area contributed by atoms with Crippen molar-refractivity contribution in [2.75, 3.05) is 0 Å². The molecule has 3 aromatic heterocycles. The molecule has 0 aliphatic rings. The molecule has 0 radical (unpaired) electrons. The number of nitrogens with zero attached hydrogens (tertiary/aromatic N) is 5. The molecule has 6 nitrogen and oxygen atoms in total. The van der Waals surface area contributed by atoms with Crippen LogP contribution in [-0.4, -0.2) is 24.5 Å². The van der Waals surface area contributed by atoms with Crippen molar-refractivity contribution in [3.05, 3.63) is 200 Å². The van der Waals surface area contributed by atoms with Crippen LogP contribution in [0.4, 0.5) is 0 Å². The second-order valence-corrected chi connectivity index (χ2v) is 14.3. The smallest absolute Gasteiger partial charge is 0.167 e. The third kappa shape index (κ3) is 5.83. The number of hydrogen-bond donors (Lipinski definition) is 0. The molecule has 0 unspecified atom stereocenters. The highest BCUT2D eigenvalue weighted by Crippen LogP contribution is 2.43. The number of rotatable bonds is 7. The molecule has 0 aliphatic heterocycles. The maximum atomic E-state index is 7.12. The highest BCUT2D eigenvalue weighted by atomic mass is 16.3. The van der Waals surface area contributed by atoms with Crippen LogP contribution in [0.25, 0.3) is 106 Å². The van der Waals surface area contributed by atoms with Gasteiger partial charge in [0.05, 0.1) is 22.2 Å². The number of imidazole rings is 1. The van der Waals surface area contributed by atoms with E-state index in [0.29, 0.717) is 23.1 Å². The number of furan rings is 1. The predicted octanol–water partition coefficient (Wildman–Crippen LogP) is 13.1. The summed E-state index contributed by atoms with van der Waals surface area (Å²) in [5.74, 6) is 2.49. The Bertz CT molecular complexity index is 3270. The Morgan fingerprint density at radius 3 is 1.64 bits per heavy atom. The SMILES string of the molecule is c1ccc(-c2cccc(-c3nc(-c4ccccc4)nc(-c4cccc5c4oc4c(-c6nc7ccccc7n6-c6ccccc6)cc(-c6ccccc6)cc45)n3)c2)cc1. The van der Waals surface area contributed by atoms with Crippen molar-refractivity contribution in [3.63, 3.8) is 0 Å². The Morgan fingerprint density at radius 1 is 0.345 bits per heavy atom. The lowest BCUT2D eigenvalue weighted by atomic mass is 9.98. The lowest BCUT2D eigenvalue weighted by molar-refractivity contribution is 0.670. The molecule has 11 aromatic rings. The fourth-order valence-electron chi connectivity index (χ4n) is 7.89. The van der Waals surface area contributed by atoms with Crippen molar-refractivity contribution >= 4 is 33.0 Å². The molecule has 3 heterocycles. The zero-order valence-corrected chi connectivity index (χ0v) is 31.2. The van der Waals surface area contributed by atoms with E-state index in [4.69, 9.17) is 24.4 Å². The van der Waals surface area contributed by atoms with Gasteiger partial charge in [-0.05, 0) is 70.8 Å². The number of hydrogen-bond acceptors (Lipinski definition) is 5. The Balaban J connectivity index is 1.17. The zero-order valence-electron chi connectivity index (χ0n) is 31.2. The summed E-state index contributed by atoms with van der Waals surface area (Å²) in [6.45, 7) is 0. The van der Waals surface area contributed by atoms with Crippen molar-refractivity contribution in [1.82, 2.24) is 24.5 Å². The van der Waals surface area contributed by atoms with Crippen molar-refractivity contribution in [3.8, 4) is 73.5 Å². The van der Waals surface area contributed by atoms with E-state index in [2.05, 4.69) is 144 Å². The minimum atomic E-state index is 0.528. The molecule has 0 saturated carbocycles. The predicted molar refractivity (Wildman–Crippen MR) is 234 cm³/mol. The van der Waals surface area contributed by atoms with Crippen LogP contribution >= 0.6 is 0 Å². The maximum Gasteiger partial charge on any atom is 0.167 e. The molecule has 0 fully saturated rings. The fourth-order valence-corrected chi connectivity index (χ4v) is 7.89. The van der Waals surface area contributed by atoms with E-state index in [1.807, 2.05) is 60.7 Å². The van der Waals surface area contributed by atoms with E-state index >= 15 is 0 Å². The highest BCUT2D eigenvalue weighted by Gasteiger charge is 2.24.